The van der Waals surface area contributed by atoms with Crippen molar-refractivity contribution in [2.24, 2.45) is 5.14 Å². The van der Waals surface area contributed by atoms with Crippen LogP contribution in [0.2, 0.25) is 0 Å². The van der Waals surface area contributed by atoms with Gasteiger partial charge in [0.1, 0.15) is 14.2 Å². The second-order valence-electron chi connectivity index (χ2n) is 5.48. The molecule has 11 heteroatoms. The van der Waals surface area contributed by atoms with Gasteiger partial charge in [-0.15, -0.1) is 23.7 Å². The quantitative estimate of drug-likeness (QED) is 0.754. The molecule has 0 saturated carbocycles. The van der Waals surface area contributed by atoms with E-state index in [0.717, 1.165) is 6.07 Å². The lowest BCUT2D eigenvalue weighted by atomic mass is 10.1. The Morgan fingerprint density at radius 3 is 2.12 bits per heavy atom. The fourth-order valence-electron chi connectivity index (χ4n) is 2.03. The Morgan fingerprint density at radius 1 is 1.08 bits per heavy atom. The zero-order valence-corrected chi connectivity index (χ0v) is 17.0. The average Bonchev–Trinajstić information content (AvgIpc) is 2.97. The third kappa shape index (κ3) is 4.52. The van der Waals surface area contributed by atoms with E-state index in [4.69, 9.17) is 5.14 Å². The molecule has 2 aromatic rings. The lowest BCUT2D eigenvalue weighted by molar-refractivity contribution is 0.311. The molecule has 1 heterocycles. The van der Waals surface area contributed by atoms with Crippen molar-refractivity contribution in [3.63, 3.8) is 0 Å². The van der Waals surface area contributed by atoms with Crippen molar-refractivity contribution in [3.05, 3.63) is 35.9 Å². The number of halogens is 1. The second kappa shape index (κ2) is 7.60. The van der Waals surface area contributed by atoms with Gasteiger partial charge in [-0.3, -0.25) is 0 Å². The van der Waals surface area contributed by atoms with Crippen LogP contribution in [0, 0.1) is 0 Å². The van der Waals surface area contributed by atoms with Crippen molar-refractivity contribution >= 4 is 43.6 Å². The molecule has 0 spiro atoms. The van der Waals surface area contributed by atoms with Crippen LogP contribution in [0.4, 0.5) is 0 Å². The molecule has 140 valence electrons. The summed E-state index contributed by atoms with van der Waals surface area (Å²) in [5.74, 6) is -0.00782. The smallest absolute Gasteiger partial charge is 0.247 e. The van der Waals surface area contributed by atoms with Gasteiger partial charge in [-0.2, -0.15) is 0 Å². The molecule has 0 saturated heterocycles. The highest BCUT2D eigenvalue weighted by Gasteiger charge is 2.24. The van der Waals surface area contributed by atoms with E-state index in [9.17, 15) is 21.9 Å². The van der Waals surface area contributed by atoms with Gasteiger partial charge >= 0.3 is 0 Å². The average molecular weight is 427 g/mol. The highest BCUT2D eigenvalue weighted by molar-refractivity contribution is 7.95. The van der Waals surface area contributed by atoms with Crippen LogP contribution in [0.15, 0.2) is 43.6 Å². The summed E-state index contributed by atoms with van der Waals surface area (Å²) in [5.41, 5.74) is 0.462. The predicted molar refractivity (Wildman–Crippen MR) is 98.6 cm³/mol. The molecular formula is C14H19ClN2O5S3. The van der Waals surface area contributed by atoms with Crippen LogP contribution >= 0.6 is 23.7 Å². The minimum Gasteiger partial charge on any atom is -0.508 e. The molecule has 3 N–H and O–H groups in total. The summed E-state index contributed by atoms with van der Waals surface area (Å²) in [6.07, 6.45) is 0. The van der Waals surface area contributed by atoms with Gasteiger partial charge in [0.2, 0.25) is 19.9 Å². The first-order valence-electron chi connectivity index (χ1n) is 6.81. The molecule has 0 aliphatic carbocycles. The number of primary sulfonamides is 1. The number of phenols is 1. The Bertz CT molecular complexity index is 968. The van der Waals surface area contributed by atoms with Crippen molar-refractivity contribution in [3.8, 4) is 5.75 Å². The van der Waals surface area contributed by atoms with Gasteiger partial charge in [-0.25, -0.2) is 22.0 Å². The minimum atomic E-state index is -3.96. The van der Waals surface area contributed by atoms with E-state index in [-0.39, 0.29) is 37.5 Å². The molecule has 25 heavy (non-hydrogen) atoms. The van der Waals surface area contributed by atoms with Gasteiger partial charge in [-0.1, -0.05) is 0 Å². The Morgan fingerprint density at radius 2 is 1.64 bits per heavy atom. The summed E-state index contributed by atoms with van der Waals surface area (Å²) in [5, 5.41) is 15.0. The molecule has 1 aromatic heterocycles. The predicted octanol–water partition coefficient (Wildman–Crippen LogP) is 1.98. The molecular weight excluding hydrogens is 408 g/mol. The maximum Gasteiger partial charge on any atom is 0.247 e. The molecule has 1 unspecified atom stereocenters. The van der Waals surface area contributed by atoms with Gasteiger partial charge in [0.05, 0.1) is 4.90 Å². The summed E-state index contributed by atoms with van der Waals surface area (Å²) in [7, 11) is -4.25. The van der Waals surface area contributed by atoms with Crippen molar-refractivity contribution in [1.29, 1.82) is 0 Å². The van der Waals surface area contributed by atoms with Gasteiger partial charge < -0.3 is 10.0 Å². The molecule has 1 atom stereocenters. The summed E-state index contributed by atoms with van der Waals surface area (Å²) in [4.78, 5) is 1.81. The normalized spacial score (nSPS) is 13.5. The molecule has 7 nitrogen and oxygen atoms in total. The number of benzene rings is 1. The first kappa shape index (κ1) is 21.9. The number of rotatable bonds is 5. The number of sulfonamides is 1. The summed E-state index contributed by atoms with van der Waals surface area (Å²) >= 11 is 0.593. The van der Waals surface area contributed by atoms with Crippen LogP contribution < -0.4 is 5.14 Å². The number of aromatic hydroxyl groups is 1. The van der Waals surface area contributed by atoms with Crippen molar-refractivity contribution in [1.82, 2.24) is 4.90 Å². The maximum atomic E-state index is 12.7. The number of thiophene rings is 1. The van der Waals surface area contributed by atoms with Crippen LogP contribution in [0.1, 0.15) is 18.5 Å². The fourth-order valence-corrected chi connectivity index (χ4v) is 5.66. The van der Waals surface area contributed by atoms with Crippen LogP contribution in [0.5, 0.6) is 5.75 Å². The zero-order chi connectivity index (χ0) is 18.3. The first-order valence-corrected chi connectivity index (χ1v) is 10.7. The van der Waals surface area contributed by atoms with E-state index in [0.29, 0.717) is 16.9 Å². The highest BCUT2D eigenvalue weighted by Crippen LogP contribution is 2.34. The largest absolute Gasteiger partial charge is 0.508 e. The molecule has 0 fully saturated rings. The summed E-state index contributed by atoms with van der Waals surface area (Å²) in [6.45, 7) is 1.83. The summed E-state index contributed by atoms with van der Waals surface area (Å²) < 4.78 is 47.7. The standard InChI is InChI=1S/C14H18N2O5S3.ClH/c1-9(16(2)3)11-8-10(4-5-12(11)17)23(18,19)13-6-7-14(22-13)24(15,20)21;/h4-9,17H,1-3H3,(H2,15,20,21);1H. The van der Waals surface area contributed by atoms with Crippen LogP contribution in [-0.2, 0) is 19.9 Å². The summed E-state index contributed by atoms with van der Waals surface area (Å²) in [6, 6.07) is 6.16. The monoisotopic (exact) mass is 426 g/mol. The van der Waals surface area contributed by atoms with Gasteiger partial charge in [0.25, 0.3) is 0 Å². The number of phenolic OH excluding ortho intramolecular Hbond substituents is 1. The van der Waals surface area contributed by atoms with Crippen LogP contribution in [0.25, 0.3) is 0 Å². The number of hydrogen-bond donors (Lipinski definition) is 2. The minimum absolute atomic E-state index is 0. The van der Waals surface area contributed by atoms with E-state index >= 15 is 0 Å². The third-order valence-corrected chi connectivity index (χ3v) is 8.40. The van der Waals surface area contributed by atoms with E-state index in [2.05, 4.69) is 0 Å². The second-order valence-corrected chi connectivity index (χ2v) is 10.5. The highest BCUT2D eigenvalue weighted by atomic mass is 35.5. The van der Waals surface area contributed by atoms with Gasteiger partial charge in [0.15, 0.2) is 0 Å². The molecule has 0 bridgehead atoms. The number of nitrogens with zero attached hydrogens (tertiary/aromatic N) is 1. The molecule has 0 aliphatic rings. The van der Waals surface area contributed by atoms with Crippen molar-refractivity contribution in [2.75, 3.05) is 14.1 Å². The maximum absolute atomic E-state index is 12.7. The van der Waals surface area contributed by atoms with E-state index in [1.54, 1.807) is 0 Å². The number of sulfone groups is 1. The molecule has 0 amide bonds. The van der Waals surface area contributed by atoms with E-state index < -0.39 is 19.9 Å². The Labute approximate surface area is 157 Å². The third-order valence-electron chi connectivity index (χ3n) is 3.64. The fraction of sp³-hybridized carbons (Fsp3) is 0.286. The van der Waals surface area contributed by atoms with Crippen LogP contribution in [0.3, 0.4) is 0 Å². The lowest BCUT2D eigenvalue weighted by Gasteiger charge is -2.21. The molecule has 1 aromatic carbocycles. The topological polar surface area (TPSA) is 118 Å². The van der Waals surface area contributed by atoms with Gasteiger partial charge in [0, 0.05) is 11.6 Å². The molecule has 2 rings (SSSR count). The lowest BCUT2D eigenvalue weighted by Crippen LogP contribution is -2.17. The van der Waals surface area contributed by atoms with Crippen molar-refractivity contribution < 1.29 is 21.9 Å². The molecule has 0 aliphatic heterocycles. The van der Waals surface area contributed by atoms with E-state index in [1.807, 2.05) is 25.9 Å². The van der Waals surface area contributed by atoms with E-state index in [1.165, 1.54) is 24.3 Å². The first-order chi connectivity index (χ1) is 10.9. The van der Waals surface area contributed by atoms with Crippen molar-refractivity contribution in [2.45, 2.75) is 26.3 Å². The number of hydrogen-bond acceptors (Lipinski definition) is 7. The SMILES string of the molecule is CC(c1cc(S(=O)(=O)c2ccc(S(N)(=O)=O)s2)ccc1O)N(C)C.Cl. The Kier molecular flexibility index (Phi) is 6.65. The van der Waals surface area contributed by atoms with Crippen LogP contribution in [-0.4, -0.2) is 40.9 Å². The Balaban J connectivity index is 0.00000312. The zero-order valence-electron chi connectivity index (χ0n) is 13.7. The van der Waals surface area contributed by atoms with Gasteiger partial charge in [-0.05, 0) is 51.4 Å². The Hall–Kier alpha value is -1.17. The molecule has 0 radical (unpaired) electrons. The number of nitrogens with two attached hydrogens (primary N) is 1.